The van der Waals surface area contributed by atoms with E-state index in [4.69, 9.17) is 9.15 Å². The third kappa shape index (κ3) is 3.30. The Balaban J connectivity index is 1.65. The van der Waals surface area contributed by atoms with Crippen LogP contribution >= 0.6 is 0 Å². The number of rotatable bonds is 3. The molecule has 1 aromatic carbocycles. The van der Waals surface area contributed by atoms with Crippen LogP contribution in [0.15, 0.2) is 39.5 Å². The van der Waals surface area contributed by atoms with Crippen LogP contribution in [0, 0.1) is 5.92 Å². The third-order valence-electron chi connectivity index (χ3n) is 3.97. The highest BCUT2D eigenvalue weighted by molar-refractivity contribution is 5.79. The van der Waals surface area contributed by atoms with Crippen LogP contribution in [0.2, 0.25) is 0 Å². The highest BCUT2D eigenvalue weighted by atomic mass is 16.5. The molecule has 116 valence electrons. The van der Waals surface area contributed by atoms with Gasteiger partial charge in [-0.1, -0.05) is 6.92 Å². The SMILES string of the molecule is CC1CCCN(C(=O)COc2ccc3ccc(=O)oc3c2)C1. The monoisotopic (exact) mass is 301 g/mol. The van der Waals surface area contributed by atoms with Crippen LogP contribution < -0.4 is 10.4 Å². The molecule has 5 heteroatoms. The van der Waals surface area contributed by atoms with Gasteiger partial charge in [-0.3, -0.25) is 4.79 Å². The lowest BCUT2D eigenvalue weighted by atomic mass is 10.0. The number of hydrogen-bond donors (Lipinski definition) is 0. The van der Waals surface area contributed by atoms with Gasteiger partial charge in [-0.2, -0.15) is 0 Å². The second-order valence-corrected chi connectivity index (χ2v) is 5.83. The summed E-state index contributed by atoms with van der Waals surface area (Å²) in [6, 6.07) is 8.30. The maximum atomic E-state index is 12.2. The highest BCUT2D eigenvalue weighted by Gasteiger charge is 2.21. The van der Waals surface area contributed by atoms with Crippen LogP contribution in [0.3, 0.4) is 0 Å². The van der Waals surface area contributed by atoms with E-state index >= 15 is 0 Å². The van der Waals surface area contributed by atoms with Gasteiger partial charge in [-0.05, 0) is 37.0 Å². The number of piperidine rings is 1. The molecule has 0 radical (unpaired) electrons. The summed E-state index contributed by atoms with van der Waals surface area (Å²) in [6.07, 6.45) is 2.22. The molecule has 2 heterocycles. The summed E-state index contributed by atoms with van der Waals surface area (Å²) in [5, 5.41) is 0.822. The molecule has 1 saturated heterocycles. The zero-order valence-corrected chi connectivity index (χ0v) is 12.6. The number of carbonyl (C=O) groups is 1. The van der Waals surface area contributed by atoms with Gasteiger partial charge in [0.15, 0.2) is 6.61 Å². The normalized spacial score (nSPS) is 18.4. The number of carbonyl (C=O) groups excluding carboxylic acids is 1. The molecule has 0 N–H and O–H groups in total. The fourth-order valence-electron chi connectivity index (χ4n) is 2.78. The molecule has 1 unspecified atom stereocenters. The molecule has 2 aromatic rings. The second-order valence-electron chi connectivity index (χ2n) is 5.83. The molecule has 3 rings (SSSR count). The van der Waals surface area contributed by atoms with E-state index in [0.717, 1.165) is 24.9 Å². The minimum atomic E-state index is -0.400. The Kier molecular flexibility index (Phi) is 4.13. The molecular formula is C17H19NO4. The molecule has 1 fully saturated rings. The van der Waals surface area contributed by atoms with Crippen molar-refractivity contribution >= 4 is 16.9 Å². The summed E-state index contributed by atoms with van der Waals surface area (Å²) in [4.78, 5) is 25.2. The summed E-state index contributed by atoms with van der Waals surface area (Å²) < 4.78 is 10.7. The summed E-state index contributed by atoms with van der Waals surface area (Å²) in [6.45, 7) is 3.77. The third-order valence-corrected chi connectivity index (χ3v) is 3.97. The van der Waals surface area contributed by atoms with Crippen molar-refractivity contribution in [3.05, 3.63) is 40.8 Å². The van der Waals surface area contributed by atoms with E-state index in [2.05, 4.69) is 6.92 Å². The Labute approximate surface area is 128 Å². The van der Waals surface area contributed by atoms with E-state index in [9.17, 15) is 9.59 Å². The van der Waals surface area contributed by atoms with Crippen molar-refractivity contribution in [2.45, 2.75) is 19.8 Å². The minimum absolute atomic E-state index is 0.00108. The molecule has 0 bridgehead atoms. The molecule has 0 spiro atoms. The van der Waals surface area contributed by atoms with Crippen LogP contribution in [-0.4, -0.2) is 30.5 Å². The van der Waals surface area contributed by atoms with Crippen molar-refractivity contribution < 1.29 is 13.9 Å². The van der Waals surface area contributed by atoms with Gasteiger partial charge in [-0.25, -0.2) is 4.79 Å². The fraction of sp³-hybridized carbons (Fsp3) is 0.412. The van der Waals surface area contributed by atoms with E-state index in [1.54, 1.807) is 24.3 Å². The predicted molar refractivity (Wildman–Crippen MR) is 83.0 cm³/mol. The summed E-state index contributed by atoms with van der Waals surface area (Å²) in [5.41, 5.74) is 0.0621. The van der Waals surface area contributed by atoms with Crippen molar-refractivity contribution in [3.63, 3.8) is 0 Å². The molecule has 0 aliphatic carbocycles. The predicted octanol–water partition coefficient (Wildman–Crippen LogP) is 2.43. The van der Waals surface area contributed by atoms with E-state index in [1.807, 2.05) is 4.90 Å². The maximum absolute atomic E-state index is 12.2. The van der Waals surface area contributed by atoms with Crippen molar-refractivity contribution in [1.82, 2.24) is 4.90 Å². The maximum Gasteiger partial charge on any atom is 0.336 e. The molecule has 1 aliphatic rings. The first kappa shape index (κ1) is 14.6. The molecular weight excluding hydrogens is 282 g/mol. The minimum Gasteiger partial charge on any atom is -0.484 e. The lowest BCUT2D eigenvalue weighted by Gasteiger charge is -2.30. The van der Waals surface area contributed by atoms with Gasteiger partial charge in [0, 0.05) is 30.6 Å². The number of ether oxygens (including phenoxy) is 1. The van der Waals surface area contributed by atoms with E-state index in [0.29, 0.717) is 17.3 Å². The van der Waals surface area contributed by atoms with Crippen LogP contribution in [-0.2, 0) is 4.79 Å². The average molecular weight is 301 g/mol. The van der Waals surface area contributed by atoms with Gasteiger partial charge in [0.2, 0.25) is 0 Å². The molecule has 0 saturated carbocycles. The number of amides is 1. The topological polar surface area (TPSA) is 59.8 Å². The molecule has 1 atom stereocenters. The van der Waals surface area contributed by atoms with Crippen LogP contribution in [0.5, 0.6) is 5.75 Å². The molecule has 5 nitrogen and oxygen atoms in total. The van der Waals surface area contributed by atoms with Gasteiger partial charge in [0.25, 0.3) is 5.91 Å². The Morgan fingerprint density at radius 1 is 1.36 bits per heavy atom. The number of benzene rings is 1. The largest absolute Gasteiger partial charge is 0.484 e. The Hall–Kier alpha value is -2.30. The van der Waals surface area contributed by atoms with E-state index in [1.165, 1.54) is 12.5 Å². The first-order valence-corrected chi connectivity index (χ1v) is 7.56. The zero-order valence-electron chi connectivity index (χ0n) is 12.6. The summed E-state index contributed by atoms with van der Waals surface area (Å²) >= 11 is 0. The Morgan fingerprint density at radius 2 is 2.18 bits per heavy atom. The van der Waals surface area contributed by atoms with Crippen LogP contribution in [0.4, 0.5) is 0 Å². The summed E-state index contributed by atoms with van der Waals surface area (Å²) in [5.74, 6) is 1.08. The number of hydrogen-bond acceptors (Lipinski definition) is 4. The van der Waals surface area contributed by atoms with Gasteiger partial charge in [-0.15, -0.1) is 0 Å². The van der Waals surface area contributed by atoms with E-state index in [-0.39, 0.29) is 12.5 Å². The number of likely N-dealkylation sites (tertiary alicyclic amines) is 1. The quantitative estimate of drug-likeness (QED) is 0.817. The van der Waals surface area contributed by atoms with Crippen LogP contribution in [0.25, 0.3) is 11.0 Å². The Bertz CT molecular complexity index is 737. The van der Waals surface area contributed by atoms with Crippen molar-refractivity contribution in [2.24, 2.45) is 5.92 Å². The second kappa shape index (κ2) is 6.22. The standard InChI is InChI=1S/C17H19NO4/c1-12-3-2-8-18(10-12)16(19)11-21-14-6-4-13-5-7-17(20)22-15(13)9-14/h4-7,9,12H,2-3,8,10-11H2,1H3. The first-order valence-electron chi connectivity index (χ1n) is 7.56. The summed E-state index contributed by atoms with van der Waals surface area (Å²) in [7, 11) is 0. The Morgan fingerprint density at radius 3 is 3.00 bits per heavy atom. The molecule has 1 aliphatic heterocycles. The van der Waals surface area contributed by atoms with Gasteiger partial charge < -0.3 is 14.1 Å². The number of fused-ring (bicyclic) bond motifs is 1. The van der Waals surface area contributed by atoms with Gasteiger partial charge in [0.05, 0.1) is 0 Å². The first-order chi connectivity index (χ1) is 10.6. The molecule has 22 heavy (non-hydrogen) atoms. The van der Waals surface area contributed by atoms with E-state index < -0.39 is 5.63 Å². The van der Waals surface area contributed by atoms with Crippen molar-refractivity contribution in [2.75, 3.05) is 19.7 Å². The zero-order chi connectivity index (χ0) is 15.5. The molecule has 1 amide bonds. The lowest BCUT2D eigenvalue weighted by molar-refractivity contribution is -0.135. The van der Waals surface area contributed by atoms with Crippen molar-refractivity contribution in [1.29, 1.82) is 0 Å². The smallest absolute Gasteiger partial charge is 0.336 e. The average Bonchev–Trinajstić information content (AvgIpc) is 2.52. The van der Waals surface area contributed by atoms with Gasteiger partial charge in [0.1, 0.15) is 11.3 Å². The highest BCUT2D eigenvalue weighted by Crippen LogP contribution is 2.20. The van der Waals surface area contributed by atoms with Crippen molar-refractivity contribution in [3.8, 4) is 5.75 Å². The van der Waals surface area contributed by atoms with Gasteiger partial charge >= 0.3 is 5.63 Å². The fourth-order valence-corrected chi connectivity index (χ4v) is 2.78. The molecule has 1 aromatic heterocycles. The van der Waals surface area contributed by atoms with Crippen LogP contribution in [0.1, 0.15) is 19.8 Å². The lowest BCUT2D eigenvalue weighted by Crippen LogP contribution is -2.41. The number of nitrogens with zero attached hydrogens (tertiary/aromatic N) is 1.